The first kappa shape index (κ1) is 10.9. The Bertz CT molecular complexity index is 324. The summed E-state index contributed by atoms with van der Waals surface area (Å²) in [6, 6.07) is 1.88. The third-order valence-electron chi connectivity index (χ3n) is 2.12. The maximum absolute atomic E-state index is 9.15. The molecule has 1 aromatic heterocycles. The van der Waals surface area contributed by atoms with E-state index in [1.165, 1.54) is 7.11 Å². The van der Waals surface area contributed by atoms with Crippen molar-refractivity contribution in [2.24, 2.45) is 5.73 Å². The second-order valence-corrected chi connectivity index (χ2v) is 3.65. The fraction of sp³-hybridized carbons (Fsp3) is 0.500. The number of aliphatic hydroxyl groups is 1. The molecular weight excluding hydrogens is 180 g/mol. The van der Waals surface area contributed by atoms with Crippen molar-refractivity contribution < 1.29 is 9.84 Å². The van der Waals surface area contributed by atoms with E-state index in [0.29, 0.717) is 5.88 Å². The molecule has 14 heavy (non-hydrogen) atoms. The first-order valence-corrected chi connectivity index (χ1v) is 4.42. The topological polar surface area (TPSA) is 68.4 Å². The van der Waals surface area contributed by atoms with Crippen LogP contribution in [0.1, 0.15) is 18.1 Å². The third kappa shape index (κ3) is 2.02. The summed E-state index contributed by atoms with van der Waals surface area (Å²) in [6.07, 6.45) is 1.70. The van der Waals surface area contributed by atoms with E-state index < -0.39 is 5.54 Å². The zero-order valence-corrected chi connectivity index (χ0v) is 8.74. The Morgan fingerprint density at radius 1 is 1.64 bits per heavy atom. The minimum Gasteiger partial charge on any atom is -0.481 e. The van der Waals surface area contributed by atoms with Gasteiger partial charge in [-0.2, -0.15) is 0 Å². The molecule has 0 aliphatic rings. The molecule has 0 aliphatic heterocycles. The second-order valence-electron chi connectivity index (χ2n) is 3.65. The lowest BCUT2D eigenvalue weighted by Crippen LogP contribution is -2.37. The predicted molar refractivity (Wildman–Crippen MR) is 54.2 cm³/mol. The van der Waals surface area contributed by atoms with Crippen LogP contribution in [-0.2, 0) is 5.54 Å². The Morgan fingerprint density at radius 2 is 2.29 bits per heavy atom. The highest BCUT2D eigenvalue weighted by molar-refractivity contribution is 5.35. The molecule has 0 aliphatic carbocycles. The number of aromatic nitrogens is 1. The summed E-state index contributed by atoms with van der Waals surface area (Å²) in [7, 11) is 1.54. The van der Waals surface area contributed by atoms with Crippen LogP contribution in [0.4, 0.5) is 0 Å². The van der Waals surface area contributed by atoms with Gasteiger partial charge in [-0.25, -0.2) is 4.98 Å². The molecule has 1 atom stereocenters. The summed E-state index contributed by atoms with van der Waals surface area (Å²) in [5, 5.41) is 9.15. The molecule has 0 unspecified atom stereocenters. The molecule has 1 aromatic rings. The molecule has 0 bridgehead atoms. The van der Waals surface area contributed by atoms with E-state index in [0.717, 1.165) is 11.1 Å². The number of ether oxygens (including phenoxy) is 1. The summed E-state index contributed by atoms with van der Waals surface area (Å²) in [5.74, 6) is 0.467. The minimum atomic E-state index is -0.815. The van der Waals surface area contributed by atoms with Crippen molar-refractivity contribution in [3.05, 3.63) is 23.4 Å². The van der Waals surface area contributed by atoms with Gasteiger partial charge in [0, 0.05) is 11.8 Å². The largest absolute Gasteiger partial charge is 0.481 e. The van der Waals surface area contributed by atoms with Crippen LogP contribution in [0.5, 0.6) is 5.88 Å². The van der Waals surface area contributed by atoms with Crippen LogP contribution in [0.25, 0.3) is 0 Å². The van der Waals surface area contributed by atoms with Gasteiger partial charge in [-0.15, -0.1) is 0 Å². The summed E-state index contributed by atoms with van der Waals surface area (Å²) >= 11 is 0. The molecule has 78 valence electrons. The van der Waals surface area contributed by atoms with Crippen molar-refractivity contribution in [3.8, 4) is 5.88 Å². The van der Waals surface area contributed by atoms with Gasteiger partial charge >= 0.3 is 0 Å². The van der Waals surface area contributed by atoms with E-state index in [1.807, 2.05) is 13.0 Å². The van der Waals surface area contributed by atoms with Gasteiger partial charge in [-0.3, -0.25) is 0 Å². The summed E-state index contributed by atoms with van der Waals surface area (Å²) in [5.41, 5.74) is 6.81. The summed E-state index contributed by atoms with van der Waals surface area (Å²) in [4.78, 5) is 4.10. The zero-order chi connectivity index (χ0) is 10.8. The average molecular weight is 196 g/mol. The monoisotopic (exact) mass is 196 g/mol. The fourth-order valence-electron chi connectivity index (χ4n) is 1.21. The van der Waals surface area contributed by atoms with Crippen LogP contribution in [-0.4, -0.2) is 23.8 Å². The molecule has 0 amide bonds. The van der Waals surface area contributed by atoms with Crippen molar-refractivity contribution in [1.29, 1.82) is 0 Å². The van der Waals surface area contributed by atoms with Gasteiger partial charge in [0.05, 0.1) is 19.3 Å². The van der Waals surface area contributed by atoms with Crippen molar-refractivity contribution in [2.45, 2.75) is 19.4 Å². The Kier molecular flexibility index (Phi) is 3.08. The molecule has 1 heterocycles. The van der Waals surface area contributed by atoms with E-state index in [2.05, 4.69) is 4.98 Å². The van der Waals surface area contributed by atoms with Crippen molar-refractivity contribution in [1.82, 2.24) is 4.98 Å². The fourth-order valence-corrected chi connectivity index (χ4v) is 1.21. The highest BCUT2D eigenvalue weighted by Crippen LogP contribution is 2.26. The lowest BCUT2D eigenvalue weighted by molar-refractivity contribution is 0.205. The number of nitrogens with zero attached hydrogens (tertiary/aromatic N) is 1. The van der Waals surface area contributed by atoms with Crippen LogP contribution in [0.2, 0.25) is 0 Å². The SMILES string of the molecule is COc1ncc(C)cc1[C@](C)(N)CO. The molecule has 0 aromatic carbocycles. The van der Waals surface area contributed by atoms with Crippen LogP contribution in [0, 0.1) is 6.92 Å². The van der Waals surface area contributed by atoms with Gasteiger partial charge in [0.1, 0.15) is 0 Å². The van der Waals surface area contributed by atoms with Crippen LogP contribution in [0.15, 0.2) is 12.3 Å². The number of nitrogens with two attached hydrogens (primary N) is 1. The minimum absolute atomic E-state index is 0.144. The van der Waals surface area contributed by atoms with Gasteiger partial charge in [-0.1, -0.05) is 0 Å². The van der Waals surface area contributed by atoms with Gasteiger partial charge in [0.2, 0.25) is 5.88 Å². The Hall–Kier alpha value is -1.13. The predicted octanol–water partition coefficient (Wildman–Crippen LogP) is 0.565. The molecule has 0 radical (unpaired) electrons. The molecule has 0 fully saturated rings. The smallest absolute Gasteiger partial charge is 0.218 e. The molecule has 0 saturated heterocycles. The van der Waals surface area contributed by atoms with Crippen molar-refractivity contribution in [3.63, 3.8) is 0 Å². The molecule has 4 nitrogen and oxygen atoms in total. The molecule has 3 N–H and O–H groups in total. The van der Waals surface area contributed by atoms with Gasteiger partial charge < -0.3 is 15.6 Å². The van der Waals surface area contributed by atoms with E-state index >= 15 is 0 Å². The van der Waals surface area contributed by atoms with E-state index in [1.54, 1.807) is 13.1 Å². The molecule has 0 spiro atoms. The molecule has 4 heteroatoms. The summed E-state index contributed by atoms with van der Waals surface area (Å²) < 4.78 is 5.09. The maximum atomic E-state index is 9.15. The van der Waals surface area contributed by atoms with Crippen molar-refractivity contribution >= 4 is 0 Å². The Labute approximate surface area is 83.7 Å². The molecule has 0 saturated carbocycles. The standard InChI is InChI=1S/C10H16N2O2/c1-7-4-8(10(2,11)6-13)9(14-3)12-5-7/h4-5,13H,6,11H2,1-3H3/t10-/m1/s1. The van der Waals surface area contributed by atoms with Gasteiger partial charge in [0.15, 0.2) is 0 Å². The van der Waals surface area contributed by atoms with E-state index in [4.69, 9.17) is 15.6 Å². The maximum Gasteiger partial charge on any atom is 0.218 e. The number of hydrogen-bond donors (Lipinski definition) is 2. The normalized spacial score (nSPS) is 14.9. The highest BCUT2D eigenvalue weighted by Gasteiger charge is 2.25. The average Bonchev–Trinajstić information content (AvgIpc) is 2.18. The lowest BCUT2D eigenvalue weighted by Gasteiger charge is -2.24. The van der Waals surface area contributed by atoms with Gasteiger partial charge in [0.25, 0.3) is 0 Å². The number of aryl methyl sites for hydroxylation is 1. The summed E-state index contributed by atoms with van der Waals surface area (Å²) in [6.45, 7) is 3.52. The lowest BCUT2D eigenvalue weighted by atomic mass is 9.94. The number of hydrogen-bond acceptors (Lipinski definition) is 4. The number of pyridine rings is 1. The third-order valence-corrected chi connectivity index (χ3v) is 2.12. The Balaban J connectivity index is 3.23. The van der Waals surface area contributed by atoms with E-state index in [9.17, 15) is 0 Å². The zero-order valence-electron chi connectivity index (χ0n) is 8.74. The number of methoxy groups -OCH3 is 1. The number of rotatable bonds is 3. The van der Waals surface area contributed by atoms with Crippen molar-refractivity contribution in [2.75, 3.05) is 13.7 Å². The Morgan fingerprint density at radius 3 is 2.79 bits per heavy atom. The molecule has 1 rings (SSSR count). The van der Waals surface area contributed by atoms with Crippen LogP contribution in [0.3, 0.4) is 0 Å². The van der Waals surface area contributed by atoms with E-state index in [-0.39, 0.29) is 6.61 Å². The first-order valence-electron chi connectivity index (χ1n) is 4.42. The first-order chi connectivity index (χ1) is 6.51. The quantitative estimate of drug-likeness (QED) is 0.741. The highest BCUT2D eigenvalue weighted by atomic mass is 16.5. The van der Waals surface area contributed by atoms with Crippen LogP contribution < -0.4 is 10.5 Å². The second kappa shape index (κ2) is 3.94. The van der Waals surface area contributed by atoms with Gasteiger partial charge in [-0.05, 0) is 25.5 Å². The molecular formula is C10H16N2O2. The van der Waals surface area contributed by atoms with Crippen LogP contribution >= 0.6 is 0 Å². The number of aliphatic hydroxyl groups excluding tert-OH is 1.